The van der Waals surface area contributed by atoms with Gasteiger partial charge in [-0.2, -0.15) is 0 Å². The van der Waals surface area contributed by atoms with Crippen LogP contribution in [0.4, 0.5) is 5.82 Å². The van der Waals surface area contributed by atoms with Crippen molar-refractivity contribution in [2.75, 3.05) is 31.1 Å². The highest BCUT2D eigenvalue weighted by molar-refractivity contribution is 6.30. The average molecular weight is 458 g/mol. The van der Waals surface area contributed by atoms with Gasteiger partial charge in [-0.3, -0.25) is 4.79 Å². The Bertz CT molecular complexity index is 952. The molecule has 8 heteroatoms. The summed E-state index contributed by atoms with van der Waals surface area (Å²) < 4.78 is 0. The first-order valence-electron chi connectivity index (χ1n) is 11.4. The molecule has 1 saturated heterocycles. The van der Waals surface area contributed by atoms with Gasteiger partial charge in [0.05, 0.1) is 17.7 Å². The van der Waals surface area contributed by atoms with Gasteiger partial charge in [0.1, 0.15) is 12.1 Å². The predicted octanol–water partition coefficient (Wildman–Crippen LogP) is 2.93. The van der Waals surface area contributed by atoms with E-state index in [-0.39, 0.29) is 17.9 Å². The van der Waals surface area contributed by atoms with Gasteiger partial charge in [-0.05, 0) is 37.5 Å². The number of amides is 1. The molecule has 2 aliphatic rings. The lowest BCUT2D eigenvalue weighted by Gasteiger charge is -2.42. The Hall–Kier alpha value is -2.22. The van der Waals surface area contributed by atoms with Gasteiger partial charge < -0.3 is 20.2 Å². The molecule has 2 N–H and O–H groups in total. The number of nitrogens with zero attached hydrogens (tertiary/aromatic N) is 4. The van der Waals surface area contributed by atoms with E-state index in [1.165, 1.54) is 0 Å². The Kier molecular flexibility index (Phi) is 6.98. The Morgan fingerprint density at radius 2 is 2.00 bits per heavy atom. The van der Waals surface area contributed by atoms with Crippen LogP contribution in [0.25, 0.3) is 0 Å². The highest BCUT2D eigenvalue weighted by Gasteiger charge is 2.34. The zero-order valence-corrected chi connectivity index (χ0v) is 19.7. The number of carbonyl (C=O) groups is 1. The van der Waals surface area contributed by atoms with Crippen molar-refractivity contribution in [3.05, 3.63) is 52.4 Å². The first kappa shape index (κ1) is 23.0. The van der Waals surface area contributed by atoms with Crippen molar-refractivity contribution in [2.24, 2.45) is 0 Å². The lowest BCUT2D eigenvalue weighted by molar-refractivity contribution is -0.133. The van der Waals surface area contributed by atoms with Crippen LogP contribution in [0.2, 0.25) is 5.02 Å². The summed E-state index contributed by atoms with van der Waals surface area (Å²) >= 11 is 6.07. The van der Waals surface area contributed by atoms with Crippen LogP contribution in [0.1, 0.15) is 56.0 Å². The van der Waals surface area contributed by atoms with Crippen molar-refractivity contribution in [3.63, 3.8) is 0 Å². The van der Waals surface area contributed by atoms with E-state index in [1.807, 2.05) is 29.2 Å². The van der Waals surface area contributed by atoms with Crippen molar-refractivity contribution in [2.45, 2.75) is 57.7 Å². The number of nitrogens with one attached hydrogen (secondary N) is 1. The second-order valence-corrected chi connectivity index (χ2v) is 9.55. The van der Waals surface area contributed by atoms with Crippen LogP contribution in [0.3, 0.4) is 0 Å². The van der Waals surface area contributed by atoms with Crippen molar-refractivity contribution in [1.82, 2.24) is 20.2 Å². The number of anilines is 1. The predicted molar refractivity (Wildman–Crippen MR) is 126 cm³/mol. The van der Waals surface area contributed by atoms with Crippen molar-refractivity contribution < 1.29 is 9.90 Å². The summed E-state index contributed by atoms with van der Waals surface area (Å²) in [7, 11) is 0. The van der Waals surface area contributed by atoms with Gasteiger partial charge >= 0.3 is 0 Å². The van der Waals surface area contributed by atoms with Crippen molar-refractivity contribution >= 4 is 23.3 Å². The second kappa shape index (κ2) is 9.73. The molecule has 1 amide bonds. The molecule has 2 heterocycles. The van der Waals surface area contributed by atoms with Gasteiger partial charge in [-0.25, -0.2) is 9.97 Å². The van der Waals surface area contributed by atoms with Gasteiger partial charge in [0, 0.05) is 48.8 Å². The number of piperazine rings is 1. The van der Waals surface area contributed by atoms with Crippen LogP contribution in [0, 0.1) is 0 Å². The summed E-state index contributed by atoms with van der Waals surface area (Å²) in [5.41, 5.74) is 2.78. The summed E-state index contributed by atoms with van der Waals surface area (Å²) in [5.74, 6) is 0.782. The van der Waals surface area contributed by atoms with Crippen LogP contribution in [-0.2, 0) is 11.2 Å². The van der Waals surface area contributed by atoms with Crippen LogP contribution in [-0.4, -0.2) is 64.1 Å². The maximum Gasteiger partial charge on any atom is 0.231 e. The molecule has 0 bridgehead atoms. The summed E-state index contributed by atoms with van der Waals surface area (Å²) in [6.45, 7) is 8.86. The quantitative estimate of drug-likeness (QED) is 0.694. The Labute approximate surface area is 194 Å². The molecule has 3 atom stereocenters. The molecular formula is C24H32ClN5O2. The third-order valence-electron chi connectivity index (χ3n) is 6.45. The van der Waals surface area contributed by atoms with E-state index >= 15 is 0 Å². The van der Waals surface area contributed by atoms with Gasteiger partial charge in [0.25, 0.3) is 0 Å². The van der Waals surface area contributed by atoms with Gasteiger partial charge in [0.15, 0.2) is 0 Å². The van der Waals surface area contributed by atoms with Crippen molar-refractivity contribution in [1.29, 1.82) is 0 Å². The topological polar surface area (TPSA) is 81.6 Å². The number of fused-ring (bicyclic) bond motifs is 1. The minimum absolute atomic E-state index is 0.119. The lowest BCUT2D eigenvalue weighted by Crippen LogP contribution is -2.55. The van der Waals surface area contributed by atoms with Crippen LogP contribution >= 0.6 is 11.6 Å². The summed E-state index contributed by atoms with van der Waals surface area (Å²) in [6, 6.07) is 8.00. The third kappa shape index (κ3) is 4.75. The molecule has 1 aliphatic carbocycles. The number of aromatic nitrogens is 2. The maximum absolute atomic E-state index is 13.6. The highest BCUT2D eigenvalue weighted by Crippen LogP contribution is 2.35. The Balaban J connectivity index is 1.50. The number of hydrogen-bond acceptors (Lipinski definition) is 6. The van der Waals surface area contributed by atoms with Crippen molar-refractivity contribution in [3.8, 4) is 0 Å². The van der Waals surface area contributed by atoms with Gasteiger partial charge in [-0.1, -0.05) is 37.6 Å². The molecule has 0 radical (unpaired) electrons. The van der Waals surface area contributed by atoms with E-state index in [4.69, 9.17) is 11.6 Å². The van der Waals surface area contributed by atoms with E-state index in [1.54, 1.807) is 6.33 Å². The molecule has 1 unspecified atom stereocenters. The van der Waals surface area contributed by atoms with E-state index in [0.717, 1.165) is 29.1 Å². The van der Waals surface area contributed by atoms with Gasteiger partial charge in [-0.15, -0.1) is 0 Å². The maximum atomic E-state index is 13.6. The first-order chi connectivity index (χ1) is 15.3. The smallest absolute Gasteiger partial charge is 0.231 e. The molecule has 1 fully saturated rings. The van der Waals surface area contributed by atoms with E-state index in [0.29, 0.717) is 43.7 Å². The van der Waals surface area contributed by atoms with Gasteiger partial charge in [0.2, 0.25) is 5.91 Å². The standard InChI is InChI=1S/C24H32ClN5O2/c1-15(2)26-12-20(17-4-6-18(25)7-5-17)24(32)29-10-11-30(16(3)13-29)23-19-8-9-21(31)22(19)27-14-28-23/h4-7,14-16,20-21,26,31H,8-13H2,1-3H3/t16-,20?,21-/m0/s1. The molecule has 172 valence electrons. The molecule has 1 aromatic carbocycles. The molecule has 2 aromatic rings. The number of aliphatic hydroxyl groups excluding tert-OH is 1. The molecule has 4 rings (SSSR count). The number of benzene rings is 1. The Morgan fingerprint density at radius 3 is 2.69 bits per heavy atom. The average Bonchev–Trinajstić information content (AvgIpc) is 3.16. The summed E-state index contributed by atoms with van der Waals surface area (Å²) in [4.78, 5) is 26.7. The summed E-state index contributed by atoms with van der Waals surface area (Å²) in [6.07, 6.45) is 2.53. The minimum Gasteiger partial charge on any atom is -0.387 e. The molecule has 32 heavy (non-hydrogen) atoms. The zero-order valence-electron chi connectivity index (χ0n) is 19.0. The van der Waals surface area contributed by atoms with Crippen LogP contribution in [0.5, 0.6) is 0 Å². The number of carbonyl (C=O) groups excluding carboxylic acids is 1. The number of hydrogen-bond donors (Lipinski definition) is 2. The lowest BCUT2D eigenvalue weighted by atomic mass is 9.96. The second-order valence-electron chi connectivity index (χ2n) is 9.11. The normalized spacial score (nSPS) is 21.7. The highest BCUT2D eigenvalue weighted by atomic mass is 35.5. The number of aliphatic hydroxyl groups is 1. The largest absolute Gasteiger partial charge is 0.387 e. The molecule has 1 aromatic heterocycles. The van der Waals surface area contributed by atoms with E-state index < -0.39 is 6.10 Å². The summed E-state index contributed by atoms with van der Waals surface area (Å²) in [5, 5.41) is 14.3. The van der Waals surface area contributed by atoms with Crippen LogP contribution in [0.15, 0.2) is 30.6 Å². The Morgan fingerprint density at radius 1 is 1.25 bits per heavy atom. The van der Waals surface area contributed by atoms with E-state index in [2.05, 4.69) is 41.0 Å². The molecule has 0 spiro atoms. The molecule has 7 nitrogen and oxygen atoms in total. The minimum atomic E-state index is -0.501. The fourth-order valence-electron chi connectivity index (χ4n) is 4.70. The number of rotatable bonds is 6. The van der Waals surface area contributed by atoms with Crippen LogP contribution < -0.4 is 10.2 Å². The first-order valence-corrected chi connectivity index (χ1v) is 11.8. The fraction of sp³-hybridized carbons (Fsp3) is 0.542. The fourth-order valence-corrected chi connectivity index (χ4v) is 4.82. The number of halogens is 1. The molecule has 0 saturated carbocycles. The zero-order chi connectivity index (χ0) is 22.8. The van der Waals surface area contributed by atoms with E-state index in [9.17, 15) is 9.90 Å². The monoisotopic (exact) mass is 457 g/mol. The molecule has 1 aliphatic heterocycles. The third-order valence-corrected chi connectivity index (χ3v) is 6.70. The molecular weight excluding hydrogens is 426 g/mol. The SMILES string of the molecule is CC(C)NCC(C(=O)N1CCN(c2ncnc3c2CC[C@@H]3O)[C@@H](C)C1)c1ccc(Cl)cc1.